The Morgan fingerprint density at radius 1 is 1.41 bits per heavy atom. The van der Waals surface area contributed by atoms with Gasteiger partial charge in [0.2, 0.25) is 0 Å². The first-order valence-corrected chi connectivity index (χ1v) is 6.28. The molecule has 94 valence electrons. The van der Waals surface area contributed by atoms with Crippen molar-refractivity contribution in [2.45, 2.75) is 17.0 Å². The summed E-state index contributed by atoms with van der Waals surface area (Å²) in [5, 5.41) is 18.1. The lowest BCUT2D eigenvalue weighted by molar-refractivity contribution is 0.188. The van der Waals surface area contributed by atoms with E-state index in [-0.39, 0.29) is 29.8 Å². The quantitative estimate of drug-likeness (QED) is 0.656. The van der Waals surface area contributed by atoms with E-state index in [9.17, 15) is 14.7 Å². The number of rotatable bonds is 3. The van der Waals surface area contributed by atoms with Crippen LogP contribution >= 0.6 is 11.8 Å². The first kappa shape index (κ1) is 12.4. The van der Waals surface area contributed by atoms with Crippen LogP contribution in [-0.2, 0) is 0 Å². The number of hydrogen-bond donors (Lipinski definition) is 3. The third kappa shape index (κ3) is 2.46. The Morgan fingerprint density at radius 3 is 2.71 bits per heavy atom. The van der Waals surface area contributed by atoms with E-state index in [0.717, 1.165) is 0 Å². The number of aromatic amines is 1. The summed E-state index contributed by atoms with van der Waals surface area (Å²) in [7, 11) is 0. The van der Waals surface area contributed by atoms with Crippen molar-refractivity contribution in [2.75, 3.05) is 13.2 Å². The topological polar surface area (TPSA) is 95.3 Å². The van der Waals surface area contributed by atoms with Crippen LogP contribution in [0.3, 0.4) is 0 Å². The molecule has 6 nitrogen and oxygen atoms in total. The molecule has 0 unspecified atom stereocenters. The van der Waals surface area contributed by atoms with Gasteiger partial charge in [-0.15, -0.1) is 11.8 Å². The molecule has 7 heteroatoms. The molecule has 2 heterocycles. The molecule has 1 aromatic rings. The number of aliphatic hydroxyl groups excluding tert-OH is 2. The summed E-state index contributed by atoms with van der Waals surface area (Å²) >= 11 is 1.45. The van der Waals surface area contributed by atoms with Gasteiger partial charge in [0.25, 0.3) is 5.56 Å². The highest BCUT2D eigenvalue weighted by Gasteiger charge is 2.35. The molecule has 0 saturated carbocycles. The summed E-state index contributed by atoms with van der Waals surface area (Å²) in [4.78, 5) is 24.7. The SMILES string of the molecule is O=c1ccn([C@H]2C[C@H](CO)[C@@H](CO)S2)c(=O)[nH]1. The largest absolute Gasteiger partial charge is 0.396 e. The van der Waals surface area contributed by atoms with Crippen LogP contribution in [0, 0.1) is 5.92 Å². The minimum atomic E-state index is -0.453. The average molecular weight is 258 g/mol. The summed E-state index contributed by atoms with van der Waals surface area (Å²) in [5.74, 6) is -0.0196. The molecule has 1 saturated heterocycles. The highest BCUT2D eigenvalue weighted by atomic mass is 32.2. The molecule has 17 heavy (non-hydrogen) atoms. The number of thioether (sulfide) groups is 1. The molecule has 0 spiro atoms. The van der Waals surface area contributed by atoms with E-state index in [4.69, 9.17) is 5.11 Å². The van der Waals surface area contributed by atoms with Crippen LogP contribution in [0.2, 0.25) is 0 Å². The van der Waals surface area contributed by atoms with E-state index < -0.39 is 11.2 Å². The molecule has 0 amide bonds. The van der Waals surface area contributed by atoms with Crippen molar-refractivity contribution in [1.29, 1.82) is 0 Å². The fourth-order valence-corrected chi connectivity index (χ4v) is 3.56. The van der Waals surface area contributed by atoms with Gasteiger partial charge in [0, 0.05) is 24.1 Å². The highest BCUT2D eigenvalue weighted by molar-refractivity contribution is 8.00. The van der Waals surface area contributed by atoms with E-state index >= 15 is 0 Å². The molecule has 0 radical (unpaired) electrons. The molecular weight excluding hydrogens is 244 g/mol. The van der Waals surface area contributed by atoms with E-state index in [2.05, 4.69) is 4.98 Å². The van der Waals surface area contributed by atoms with E-state index in [1.165, 1.54) is 28.6 Å². The summed E-state index contributed by atoms with van der Waals surface area (Å²) < 4.78 is 1.43. The number of nitrogens with zero attached hydrogens (tertiary/aromatic N) is 1. The van der Waals surface area contributed by atoms with Gasteiger partial charge in [-0.25, -0.2) is 4.79 Å². The number of H-pyrrole nitrogens is 1. The minimum Gasteiger partial charge on any atom is -0.396 e. The standard InChI is InChI=1S/C10H14N2O4S/c13-4-6-3-9(17-7(6)5-14)12-2-1-8(15)11-10(12)16/h1-2,6-7,9,13-14H,3-5H2,(H,11,15,16)/t6-,7-,9-/m1/s1. The summed E-state index contributed by atoms with van der Waals surface area (Å²) in [6, 6.07) is 1.29. The molecular formula is C10H14N2O4S. The fourth-order valence-electron chi connectivity index (χ4n) is 2.00. The first-order chi connectivity index (χ1) is 8.15. The van der Waals surface area contributed by atoms with Crippen LogP contribution in [0.15, 0.2) is 21.9 Å². The van der Waals surface area contributed by atoms with Crippen molar-refractivity contribution < 1.29 is 10.2 Å². The molecule has 3 atom stereocenters. The molecule has 0 aliphatic carbocycles. The fraction of sp³-hybridized carbons (Fsp3) is 0.600. The highest BCUT2D eigenvalue weighted by Crippen LogP contribution is 2.43. The van der Waals surface area contributed by atoms with Crippen LogP contribution in [0.5, 0.6) is 0 Å². The van der Waals surface area contributed by atoms with Crippen LogP contribution in [-0.4, -0.2) is 38.2 Å². The molecule has 1 fully saturated rings. The van der Waals surface area contributed by atoms with Crippen LogP contribution < -0.4 is 11.2 Å². The van der Waals surface area contributed by atoms with Crippen molar-refractivity contribution >= 4 is 11.8 Å². The lowest BCUT2D eigenvalue weighted by Gasteiger charge is -2.12. The lowest BCUT2D eigenvalue weighted by atomic mass is 10.0. The van der Waals surface area contributed by atoms with Crippen molar-refractivity contribution in [2.24, 2.45) is 5.92 Å². The number of hydrogen-bond acceptors (Lipinski definition) is 5. The number of aromatic nitrogens is 2. The van der Waals surface area contributed by atoms with Gasteiger partial charge >= 0.3 is 5.69 Å². The third-order valence-corrected chi connectivity index (χ3v) is 4.56. The van der Waals surface area contributed by atoms with Gasteiger partial charge in [-0.05, 0) is 12.3 Å². The van der Waals surface area contributed by atoms with Crippen molar-refractivity contribution in [1.82, 2.24) is 9.55 Å². The second-order valence-corrected chi connectivity index (χ2v) is 5.43. The zero-order valence-electron chi connectivity index (χ0n) is 9.07. The normalized spacial score (nSPS) is 28.5. The lowest BCUT2D eigenvalue weighted by Crippen LogP contribution is -2.30. The number of nitrogens with one attached hydrogen (secondary N) is 1. The molecule has 1 aliphatic heterocycles. The second kappa shape index (κ2) is 5.07. The monoisotopic (exact) mass is 258 g/mol. The maximum atomic E-state index is 11.6. The zero-order valence-corrected chi connectivity index (χ0v) is 9.89. The van der Waals surface area contributed by atoms with Gasteiger partial charge in [-0.2, -0.15) is 0 Å². The number of aliphatic hydroxyl groups is 2. The van der Waals surface area contributed by atoms with Gasteiger partial charge in [0.1, 0.15) is 0 Å². The summed E-state index contributed by atoms with van der Waals surface area (Å²) in [5.41, 5.74) is -0.878. The minimum absolute atomic E-state index is 0.00711. The Balaban J connectivity index is 2.25. The van der Waals surface area contributed by atoms with Crippen LogP contribution in [0.1, 0.15) is 11.8 Å². The summed E-state index contributed by atoms with van der Waals surface area (Å²) in [6.45, 7) is -0.0304. The Morgan fingerprint density at radius 2 is 2.18 bits per heavy atom. The molecule has 3 N–H and O–H groups in total. The molecule has 1 aromatic heterocycles. The predicted molar refractivity (Wildman–Crippen MR) is 64.0 cm³/mol. The van der Waals surface area contributed by atoms with E-state index in [1.807, 2.05) is 0 Å². The van der Waals surface area contributed by atoms with Gasteiger partial charge < -0.3 is 10.2 Å². The Hall–Kier alpha value is -1.05. The van der Waals surface area contributed by atoms with Crippen LogP contribution in [0.25, 0.3) is 0 Å². The van der Waals surface area contributed by atoms with Gasteiger partial charge in [0.15, 0.2) is 0 Å². The second-order valence-electron chi connectivity index (χ2n) is 4.01. The molecule has 0 aromatic carbocycles. The molecule has 2 rings (SSSR count). The average Bonchev–Trinajstić information content (AvgIpc) is 2.72. The van der Waals surface area contributed by atoms with Gasteiger partial charge in [0.05, 0.1) is 12.0 Å². The first-order valence-electron chi connectivity index (χ1n) is 5.34. The third-order valence-electron chi connectivity index (χ3n) is 2.94. The van der Waals surface area contributed by atoms with Crippen LogP contribution in [0.4, 0.5) is 0 Å². The summed E-state index contributed by atoms with van der Waals surface area (Å²) in [6.07, 6.45) is 2.06. The Kier molecular flexibility index (Phi) is 3.70. The molecule has 0 bridgehead atoms. The maximum absolute atomic E-state index is 11.6. The van der Waals surface area contributed by atoms with Crippen molar-refractivity contribution in [3.63, 3.8) is 0 Å². The van der Waals surface area contributed by atoms with E-state index in [1.54, 1.807) is 0 Å². The Labute approximate surface area is 101 Å². The van der Waals surface area contributed by atoms with E-state index in [0.29, 0.717) is 6.42 Å². The predicted octanol–water partition coefficient (Wildman–Crippen LogP) is -0.859. The van der Waals surface area contributed by atoms with Crippen molar-refractivity contribution in [3.8, 4) is 0 Å². The smallest absolute Gasteiger partial charge is 0.329 e. The molecule has 1 aliphatic rings. The maximum Gasteiger partial charge on any atom is 0.329 e. The Bertz CT molecular complexity index is 486. The zero-order chi connectivity index (χ0) is 12.4. The van der Waals surface area contributed by atoms with Crippen molar-refractivity contribution in [3.05, 3.63) is 33.1 Å². The van der Waals surface area contributed by atoms with Gasteiger partial charge in [-0.3, -0.25) is 14.3 Å². The van der Waals surface area contributed by atoms with Gasteiger partial charge in [-0.1, -0.05) is 0 Å².